The van der Waals surface area contributed by atoms with Crippen LogP contribution in [0.2, 0.25) is 0 Å². The van der Waals surface area contributed by atoms with E-state index in [1.54, 1.807) is 18.3 Å². The molecule has 0 bridgehead atoms. The number of hydrogen-bond donors (Lipinski definition) is 2. The molecule has 1 aromatic heterocycles. The van der Waals surface area contributed by atoms with Crippen molar-refractivity contribution in [2.75, 3.05) is 49.5 Å². The summed E-state index contributed by atoms with van der Waals surface area (Å²) in [5.41, 5.74) is 4.35. The third-order valence-corrected chi connectivity index (χ3v) is 5.96. The first-order valence-corrected chi connectivity index (χ1v) is 12.4. The van der Waals surface area contributed by atoms with E-state index < -0.39 is 10.0 Å². The summed E-state index contributed by atoms with van der Waals surface area (Å²) in [6.07, 6.45) is 2.83. The van der Waals surface area contributed by atoms with Crippen LogP contribution in [0.3, 0.4) is 0 Å². The molecule has 168 valence electrons. The lowest BCUT2D eigenvalue weighted by molar-refractivity contribution is 0.148. The van der Waals surface area contributed by atoms with Crippen LogP contribution in [0.25, 0.3) is 11.3 Å². The second-order valence-electron chi connectivity index (χ2n) is 8.12. The van der Waals surface area contributed by atoms with E-state index in [1.165, 1.54) is 5.56 Å². The first-order chi connectivity index (χ1) is 15.3. The molecule has 0 spiro atoms. The molecule has 2 heterocycles. The van der Waals surface area contributed by atoms with Crippen LogP contribution in [0.4, 0.5) is 17.3 Å². The number of hydrogen-bond acceptors (Lipinski definition) is 7. The van der Waals surface area contributed by atoms with Crippen molar-refractivity contribution >= 4 is 27.3 Å². The zero-order valence-electron chi connectivity index (χ0n) is 18.3. The molecular formula is C23H28N6O2S. The number of likely N-dealkylation sites (N-methyl/N-ethyl adjacent to an activating group) is 1. The Morgan fingerprint density at radius 1 is 0.906 bits per heavy atom. The van der Waals surface area contributed by atoms with E-state index in [2.05, 4.69) is 49.0 Å². The van der Waals surface area contributed by atoms with Gasteiger partial charge in [-0.1, -0.05) is 24.3 Å². The summed E-state index contributed by atoms with van der Waals surface area (Å²) < 4.78 is 25.2. The fourth-order valence-electron chi connectivity index (χ4n) is 3.59. The summed E-state index contributed by atoms with van der Waals surface area (Å²) in [6, 6.07) is 17.3. The highest BCUT2D eigenvalue weighted by atomic mass is 32.2. The number of rotatable bonds is 7. The molecule has 1 fully saturated rings. The number of piperazine rings is 1. The molecule has 0 atom stereocenters. The van der Waals surface area contributed by atoms with Crippen molar-refractivity contribution in [1.82, 2.24) is 19.8 Å². The van der Waals surface area contributed by atoms with Gasteiger partial charge in [0.05, 0.1) is 11.9 Å². The smallest absolute Gasteiger partial charge is 0.229 e. The molecule has 0 amide bonds. The van der Waals surface area contributed by atoms with Crippen molar-refractivity contribution in [3.8, 4) is 11.3 Å². The van der Waals surface area contributed by atoms with Gasteiger partial charge in [-0.2, -0.15) is 0 Å². The Kier molecular flexibility index (Phi) is 6.69. The average Bonchev–Trinajstić information content (AvgIpc) is 2.76. The number of aromatic nitrogens is 2. The van der Waals surface area contributed by atoms with Crippen molar-refractivity contribution in [2.24, 2.45) is 0 Å². The summed E-state index contributed by atoms with van der Waals surface area (Å²) in [6.45, 7) is 5.39. The van der Waals surface area contributed by atoms with E-state index in [0.717, 1.165) is 55.9 Å². The standard InChI is InChI=1S/C23H28N6O2S/c1-28-13-15-29(16-14-28)17-18-3-7-20(8-4-18)25-23-24-12-11-22(26-23)19-5-9-21(10-6-19)27-32(2,30)31/h3-12,27H,13-17H2,1-2H3,(H,24,25,26). The van der Waals surface area contributed by atoms with Crippen LogP contribution >= 0.6 is 0 Å². The van der Waals surface area contributed by atoms with Gasteiger partial charge in [0.2, 0.25) is 16.0 Å². The van der Waals surface area contributed by atoms with Gasteiger partial charge in [-0.25, -0.2) is 18.4 Å². The molecule has 32 heavy (non-hydrogen) atoms. The summed E-state index contributed by atoms with van der Waals surface area (Å²) in [7, 11) is -1.13. The Bertz CT molecular complexity index is 1140. The van der Waals surface area contributed by atoms with E-state index in [1.807, 2.05) is 30.3 Å². The zero-order valence-corrected chi connectivity index (χ0v) is 19.1. The Morgan fingerprint density at radius 2 is 1.56 bits per heavy atom. The third-order valence-electron chi connectivity index (χ3n) is 5.35. The van der Waals surface area contributed by atoms with E-state index in [4.69, 9.17) is 0 Å². The molecular weight excluding hydrogens is 424 g/mol. The average molecular weight is 453 g/mol. The van der Waals surface area contributed by atoms with Crippen molar-refractivity contribution in [2.45, 2.75) is 6.54 Å². The topological polar surface area (TPSA) is 90.5 Å². The molecule has 1 saturated heterocycles. The molecule has 1 aliphatic rings. The highest BCUT2D eigenvalue weighted by Gasteiger charge is 2.13. The highest BCUT2D eigenvalue weighted by molar-refractivity contribution is 7.92. The monoisotopic (exact) mass is 452 g/mol. The van der Waals surface area contributed by atoms with Crippen molar-refractivity contribution in [1.29, 1.82) is 0 Å². The minimum absolute atomic E-state index is 0.507. The Morgan fingerprint density at radius 3 is 2.22 bits per heavy atom. The lowest BCUT2D eigenvalue weighted by Crippen LogP contribution is -2.43. The summed E-state index contributed by atoms with van der Waals surface area (Å²) >= 11 is 0. The zero-order chi connectivity index (χ0) is 22.6. The lowest BCUT2D eigenvalue weighted by atomic mass is 10.1. The van der Waals surface area contributed by atoms with Crippen LogP contribution in [0.15, 0.2) is 60.8 Å². The van der Waals surface area contributed by atoms with Gasteiger partial charge in [0.1, 0.15) is 0 Å². The van der Waals surface area contributed by atoms with Gasteiger partial charge >= 0.3 is 0 Å². The van der Waals surface area contributed by atoms with Gasteiger partial charge in [-0.05, 0) is 42.9 Å². The molecule has 0 unspecified atom stereocenters. The van der Waals surface area contributed by atoms with E-state index in [-0.39, 0.29) is 0 Å². The number of nitrogens with zero attached hydrogens (tertiary/aromatic N) is 4. The second kappa shape index (κ2) is 9.64. The number of nitrogens with one attached hydrogen (secondary N) is 2. The normalized spacial score (nSPS) is 15.4. The highest BCUT2D eigenvalue weighted by Crippen LogP contribution is 2.22. The molecule has 0 radical (unpaired) electrons. The van der Waals surface area contributed by atoms with Crippen molar-refractivity contribution in [3.05, 3.63) is 66.4 Å². The Balaban J connectivity index is 1.39. The molecule has 2 N–H and O–H groups in total. The Hall–Kier alpha value is -3.01. The largest absolute Gasteiger partial charge is 0.324 e. The van der Waals surface area contributed by atoms with Gasteiger partial charge < -0.3 is 10.2 Å². The van der Waals surface area contributed by atoms with Gasteiger partial charge in [-0.3, -0.25) is 9.62 Å². The third kappa shape index (κ3) is 6.25. The summed E-state index contributed by atoms with van der Waals surface area (Å²) in [5.74, 6) is 0.507. The first-order valence-electron chi connectivity index (χ1n) is 10.5. The van der Waals surface area contributed by atoms with E-state index in [0.29, 0.717) is 11.6 Å². The second-order valence-corrected chi connectivity index (χ2v) is 9.87. The van der Waals surface area contributed by atoms with Crippen LogP contribution in [0.1, 0.15) is 5.56 Å². The Labute approximate surface area is 189 Å². The molecule has 8 nitrogen and oxygen atoms in total. The van der Waals surface area contributed by atoms with Crippen LogP contribution in [-0.2, 0) is 16.6 Å². The van der Waals surface area contributed by atoms with Gasteiger partial charge in [0.15, 0.2) is 0 Å². The maximum Gasteiger partial charge on any atom is 0.229 e. The van der Waals surface area contributed by atoms with Crippen LogP contribution in [0.5, 0.6) is 0 Å². The van der Waals surface area contributed by atoms with Gasteiger partial charge in [0, 0.05) is 55.9 Å². The maximum absolute atomic E-state index is 11.4. The minimum Gasteiger partial charge on any atom is -0.324 e. The quantitative estimate of drug-likeness (QED) is 0.569. The van der Waals surface area contributed by atoms with E-state index >= 15 is 0 Å². The van der Waals surface area contributed by atoms with Crippen LogP contribution < -0.4 is 10.0 Å². The predicted molar refractivity (Wildman–Crippen MR) is 128 cm³/mol. The van der Waals surface area contributed by atoms with Crippen molar-refractivity contribution in [3.63, 3.8) is 0 Å². The predicted octanol–water partition coefficient (Wildman–Crippen LogP) is 3.01. The number of anilines is 3. The summed E-state index contributed by atoms with van der Waals surface area (Å²) in [4.78, 5) is 13.8. The van der Waals surface area contributed by atoms with Crippen LogP contribution in [-0.4, -0.2) is 67.7 Å². The molecule has 3 aromatic rings. The fourth-order valence-corrected chi connectivity index (χ4v) is 4.15. The van der Waals surface area contributed by atoms with Gasteiger partial charge in [-0.15, -0.1) is 0 Å². The molecule has 4 rings (SSSR count). The molecule has 9 heteroatoms. The molecule has 2 aromatic carbocycles. The molecule has 0 saturated carbocycles. The van der Waals surface area contributed by atoms with Crippen LogP contribution in [0, 0.1) is 0 Å². The number of sulfonamides is 1. The fraction of sp³-hybridized carbons (Fsp3) is 0.304. The molecule has 1 aliphatic heterocycles. The lowest BCUT2D eigenvalue weighted by Gasteiger charge is -2.32. The summed E-state index contributed by atoms with van der Waals surface area (Å²) in [5, 5.41) is 3.26. The molecule has 0 aliphatic carbocycles. The van der Waals surface area contributed by atoms with Gasteiger partial charge in [0.25, 0.3) is 0 Å². The number of benzene rings is 2. The van der Waals surface area contributed by atoms with Crippen molar-refractivity contribution < 1.29 is 8.42 Å². The SMILES string of the molecule is CN1CCN(Cc2ccc(Nc3nccc(-c4ccc(NS(C)(=O)=O)cc4)n3)cc2)CC1. The first kappa shape index (κ1) is 22.2. The van der Waals surface area contributed by atoms with E-state index in [9.17, 15) is 8.42 Å². The maximum atomic E-state index is 11.4. The minimum atomic E-state index is -3.30.